The van der Waals surface area contributed by atoms with Crippen LogP contribution in [0.4, 0.5) is 5.69 Å². The van der Waals surface area contributed by atoms with Crippen molar-refractivity contribution in [3.63, 3.8) is 0 Å². The van der Waals surface area contributed by atoms with Crippen molar-refractivity contribution in [2.24, 2.45) is 5.92 Å². The van der Waals surface area contributed by atoms with E-state index in [1.807, 2.05) is 0 Å². The highest BCUT2D eigenvalue weighted by atomic mass is 32.2. The second-order valence-electron chi connectivity index (χ2n) is 5.80. The second-order valence-corrected chi connectivity index (χ2v) is 7.52. The molecule has 10 nitrogen and oxygen atoms in total. The number of sulfonamides is 1. The van der Waals surface area contributed by atoms with E-state index in [-0.39, 0.29) is 22.9 Å². The number of carbonyl (C=O) groups is 2. The molecule has 0 aliphatic rings. The molecule has 0 fully saturated rings. The van der Waals surface area contributed by atoms with E-state index in [4.69, 9.17) is 0 Å². The van der Waals surface area contributed by atoms with Crippen molar-refractivity contribution in [2.75, 3.05) is 14.2 Å². The van der Waals surface area contributed by atoms with Crippen LogP contribution in [0, 0.1) is 16.0 Å². The van der Waals surface area contributed by atoms with Crippen LogP contribution in [-0.4, -0.2) is 45.5 Å². The maximum absolute atomic E-state index is 12.4. The first kappa shape index (κ1) is 22.5. The molecule has 0 radical (unpaired) electrons. The summed E-state index contributed by atoms with van der Waals surface area (Å²) in [4.78, 5) is 33.1. The van der Waals surface area contributed by atoms with Crippen LogP contribution in [0.15, 0.2) is 29.2 Å². The van der Waals surface area contributed by atoms with Gasteiger partial charge in [-0.2, -0.15) is 4.72 Å². The average molecular weight is 402 g/mol. The molecule has 0 aromatic heterocycles. The fourth-order valence-corrected chi connectivity index (χ4v) is 3.54. The minimum absolute atomic E-state index is 0.111. The molecule has 1 rings (SSSR count). The number of ether oxygens (including phenoxy) is 2. The quantitative estimate of drug-likeness (QED) is 0.351. The zero-order valence-corrected chi connectivity index (χ0v) is 16.0. The van der Waals surface area contributed by atoms with Gasteiger partial charge in [0.2, 0.25) is 10.0 Å². The topological polar surface area (TPSA) is 142 Å². The standard InChI is InChI=1S/C16H22N2O8S/c1-11(15(19)25-2)5-4-6-14(16(20)26-3)17-27(23,24)13-9-7-12(8-10-13)18(21)22/h7-11,14,17H,4-6H2,1-3H3. The number of nitro groups is 1. The summed E-state index contributed by atoms with van der Waals surface area (Å²) in [5.41, 5.74) is -0.254. The molecular formula is C16H22N2O8S. The van der Waals surface area contributed by atoms with Crippen molar-refractivity contribution in [1.82, 2.24) is 4.72 Å². The number of esters is 2. The maximum Gasteiger partial charge on any atom is 0.323 e. The molecule has 0 heterocycles. The van der Waals surface area contributed by atoms with Crippen LogP contribution in [0.25, 0.3) is 0 Å². The van der Waals surface area contributed by atoms with Gasteiger partial charge in [0.15, 0.2) is 0 Å². The third-order valence-corrected chi connectivity index (χ3v) is 5.36. The molecule has 2 atom stereocenters. The Kier molecular flexibility index (Phi) is 8.32. The molecule has 0 aliphatic carbocycles. The van der Waals surface area contributed by atoms with Crippen molar-refractivity contribution in [2.45, 2.75) is 37.1 Å². The minimum Gasteiger partial charge on any atom is -0.469 e. The van der Waals surface area contributed by atoms with Crippen molar-refractivity contribution >= 4 is 27.6 Å². The fraction of sp³-hybridized carbons (Fsp3) is 0.500. The summed E-state index contributed by atoms with van der Waals surface area (Å²) in [6.07, 6.45) is 0.887. The van der Waals surface area contributed by atoms with Crippen LogP contribution in [0.3, 0.4) is 0 Å². The van der Waals surface area contributed by atoms with Crippen LogP contribution in [0.2, 0.25) is 0 Å². The SMILES string of the molecule is COC(=O)C(C)CCCC(NS(=O)(=O)c1ccc([N+](=O)[O-])cc1)C(=O)OC. The lowest BCUT2D eigenvalue weighted by Gasteiger charge is -2.17. The molecule has 0 amide bonds. The Balaban J connectivity index is 2.84. The van der Waals surface area contributed by atoms with Gasteiger partial charge in [-0.15, -0.1) is 0 Å². The molecule has 2 unspecified atom stereocenters. The van der Waals surface area contributed by atoms with Gasteiger partial charge < -0.3 is 9.47 Å². The van der Waals surface area contributed by atoms with Crippen LogP contribution in [0.1, 0.15) is 26.2 Å². The third-order valence-electron chi connectivity index (χ3n) is 3.87. The molecule has 0 saturated carbocycles. The zero-order chi connectivity index (χ0) is 20.6. The molecule has 1 aromatic rings. The number of benzene rings is 1. The van der Waals surface area contributed by atoms with Gasteiger partial charge in [0.1, 0.15) is 6.04 Å². The Bertz CT molecular complexity index is 776. The van der Waals surface area contributed by atoms with Crippen LogP contribution in [-0.2, 0) is 29.1 Å². The first-order chi connectivity index (χ1) is 12.6. The van der Waals surface area contributed by atoms with Crippen LogP contribution < -0.4 is 4.72 Å². The highest BCUT2D eigenvalue weighted by Crippen LogP contribution is 2.18. The fourth-order valence-electron chi connectivity index (χ4n) is 2.32. The van der Waals surface area contributed by atoms with Gasteiger partial charge in [-0.3, -0.25) is 19.7 Å². The molecule has 0 bridgehead atoms. The lowest BCUT2D eigenvalue weighted by Crippen LogP contribution is -2.41. The summed E-state index contributed by atoms with van der Waals surface area (Å²) in [6, 6.07) is 3.11. The Morgan fingerprint density at radius 2 is 1.67 bits per heavy atom. The second kappa shape index (κ2) is 9.97. The molecule has 27 heavy (non-hydrogen) atoms. The third kappa shape index (κ3) is 6.61. The number of nitro benzene ring substituents is 1. The number of rotatable bonds is 10. The normalized spacial score (nSPS) is 13.4. The summed E-state index contributed by atoms with van der Waals surface area (Å²) < 4.78 is 36.3. The van der Waals surface area contributed by atoms with E-state index in [9.17, 15) is 28.1 Å². The van der Waals surface area contributed by atoms with Crippen molar-refractivity contribution in [1.29, 1.82) is 0 Å². The van der Waals surface area contributed by atoms with E-state index < -0.39 is 32.9 Å². The first-order valence-corrected chi connectivity index (χ1v) is 9.53. The Morgan fingerprint density at radius 3 is 2.15 bits per heavy atom. The van der Waals surface area contributed by atoms with Crippen molar-refractivity contribution < 1.29 is 32.4 Å². The summed E-state index contributed by atoms with van der Waals surface area (Å²) in [7, 11) is -1.69. The number of nitrogens with zero attached hydrogens (tertiary/aromatic N) is 1. The average Bonchev–Trinajstić information content (AvgIpc) is 2.65. The number of methoxy groups -OCH3 is 2. The van der Waals surface area contributed by atoms with Crippen molar-refractivity contribution in [3.8, 4) is 0 Å². The van der Waals surface area contributed by atoms with Gasteiger partial charge in [0.25, 0.3) is 5.69 Å². The predicted octanol–water partition coefficient (Wildman–Crippen LogP) is 1.39. The van der Waals surface area contributed by atoms with E-state index in [0.717, 1.165) is 31.4 Å². The summed E-state index contributed by atoms with van der Waals surface area (Å²) in [5, 5.41) is 10.7. The molecule has 1 N–H and O–H groups in total. The molecular weight excluding hydrogens is 380 g/mol. The largest absolute Gasteiger partial charge is 0.469 e. The number of nitrogens with one attached hydrogen (secondary N) is 1. The molecule has 1 aromatic carbocycles. The lowest BCUT2D eigenvalue weighted by molar-refractivity contribution is -0.384. The molecule has 0 spiro atoms. The summed E-state index contributed by atoms with van der Waals surface area (Å²) >= 11 is 0. The van der Waals surface area contributed by atoms with Gasteiger partial charge in [0.05, 0.1) is 30.0 Å². The number of non-ortho nitro benzene ring substituents is 1. The minimum atomic E-state index is -4.09. The van der Waals surface area contributed by atoms with E-state index in [0.29, 0.717) is 12.8 Å². The highest BCUT2D eigenvalue weighted by Gasteiger charge is 2.27. The van der Waals surface area contributed by atoms with Gasteiger partial charge in [0, 0.05) is 12.1 Å². The van der Waals surface area contributed by atoms with Gasteiger partial charge >= 0.3 is 11.9 Å². The van der Waals surface area contributed by atoms with E-state index in [1.54, 1.807) is 6.92 Å². The molecule has 11 heteroatoms. The summed E-state index contributed by atoms with van der Waals surface area (Å²) in [6.45, 7) is 1.67. The zero-order valence-electron chi connectivity index (χ0n) is 15.2. The smallest absolute Gasteiger partial charge is 0.323 e. The van der Waals surface area contributed by atoms with E-state index in [1.165, 1.54) is 7.11 Å². The number of carbonyl (C=O) groups excluding carboxylic acids is 2. The van der Waals surface area contributed by atoms with Gasteiger partial charge in [-0.1, -0.05) is 13.3 Å². The Morgan fingerprint density at radius 1 is 1.11 bits per heavy atom. The summed E-state index contributed by atoms with van der Waals surface area (Å²) in [5.74, 6) is -1.55. The maximum atomic E-state index is 12.4. The molecule has 0 aliphatic heterocycles. The predicted molar refractivity (Wildman–Crippen MR) is 94.3 cm³/mol. The van der Waals surface area contributed by atoms with E-state index in [2.05, 4.69) is 14.2 Å². The number of hydrogen-bond acceptors (Lipinski definition) is 8. The van der Waals surface area contributed by atoms with E-state index >= 15 is 0 Å². The van der Waals surface area contributed by atoms with Gasteiger partial charge in [-0.25, -0.2) is 8.42 Å². The Labute approximate surface area is 157 Å². The lowest BCUT2D eigenvalue weighted by atomic mass is 10.0. The molecule has 0 saturated heterocycles. The first-order valence-electron chi connectivity index (χ1n) is 8.04. The van der Waals surface area contributed by atoms with Gasteiger partial charge in [-0.05, 0) is 25.0 Å². The highest BCUT2D eigenvalue weighted by molar-refractivity contribution is 7.89. The van der Waals surface area contributed by atoms with Crippen LogP contribution >= 0.6 is 0 Å². The van der Waals surface area contributed by atoms with Crippen LogP contribution in [0.5, 0.6) is 0 Å². The number of hydrogen-bond donors (Lipinski definition) is 1. The monoisotopic (exact) mass is 402 g/mol. The Hall–Kier alpha value is -2.53. The van der Waals surface area contributed by atoms with Crippen molar-refractivity contribution in [3.05, 3.63) is 34.4 Å². The molecule has 150 valence electrons.